The van der Waals surface area contributed by atoms with Crippen LogP contribution in [0.4, 0.5) is 0 Å². The van der Waals surface area contributed by atoms with Gasteiger partial charge in [0.25, 0.3) is 23.9 Å². The van der Waals surface area contributed by atoms with E-state index in [1.807, 2.05) is 64.2 Å². The summed E-state index contributed by atoms with van der Waals surface area (Å²) < 4.78 is 0. The summed E-state index contributed by atoms with van der Waals surface area (Å²) in [6, 6.07) is 0. The van der Waals surface area contributed by atoms with Crippen molar-refractivity contribution in [1.82, 2.24) is 0 Å². The van der Waals surface area contributed by atoms with Crippen molar-refractivity contribution in [3.63, 3.8) is 0 Å². The zero-order chi connectivity index (χ0) is 21.4. The molecule has 2 saturated carbocycles. The van der Waals surface area contributed by atoms with E-state index in [0.717, 1.165) is 27.7 Å². The molecule has 0 heterocycles. The maximum atomic E-state index is 9.00. The van der Waals surface area contributed by atoms with E-state index in [1.54, 1.807) is 0 Å². The summed E-state index contributed by atoms with van der Waals surface area (Å²) in [5.41, 5.74) is 0. The van der Waals surface area contributed by atoms with Gasteiger partial charge in [-0.25, -0.2) is 0 Å². The van der Waals surface area contributed by atoms with Crippen LogP contribution in [0.3, 0.4) is 0 Å². The SMILES string of the molecule is CC(=O)O.CC(=O)O.CC(=O)O.CC(=O)O.[CH]1[CH][CH][CH][CH]1.[CH]1[CH][CH][CH][CH]1.[V].[V]. The summed E-state index contributed by atoms with van der Waals surface area (Å²) in [6.07, 6.45) is 20.0. The molecule has 2 aliphatic rings. The Morgan fingerprint density at radius 3 is 0.464 bits per heavy atom. The Balaban J connectivity index is -0.0000000514. The Hall–Kier alpha value is -0.951. The van der Waals surface area contributed by atoms with E-state index in [0.29, 0.717) is 0 Å². The van der Waals surface area contributed by atoms with Gasteiger partial charge in [-0.15, -0.1) is 0 Å². The summed E-state index contributed by atoms with van der Waals surface area (Å²) in [7, 11) is 0. The van der Waals surface area contributed by atoms with Crippen molar-refractivity contribution in [3.05, 3.63) is 64.2 Å². The zero-order valence-electron chi connectivity index (χ0n) is 16.1. The Morgan fingerprint density at radius 2 is 0.429 bits per heavy atom. The van der Waals surface area contributed by atoms with Crippen LogP contribution in [0.1, 0.15) is 27.7 Å². The topological polar surface area (TPSA) is 149 Å². The molecular formula is C18H26O8V2. The summed E-state index contributed by atoms with van der Waals surface area (Å²) in [5, 5.41) is 29.7. The molecule has 8 nitrogen and oxygen atoms in total. The normalized spacial score (nSPS) is 12.1. The van der Waals surface area contributed by atoms with Crippen molar-refractivity contribution in [1.29, 1.82) is 0 Å². The Labute approximate surface area is 192 Å². The van der Waals surface area contributed by atoms with Crippen LogP contribution in [0.25, 0.3) is 0 Å². The average Bonchev–Trinajstić information content (AvgIpc) is 3.16. The van der Waals surface area contributed by atoms with Crippen molar-refractivity contribution >= 4 is 23.9 Å². The molecule has 0 aliphatic heterocycles. The molecule has 2 rings (SSSR count). The van der Waals surface area contributed by atoms with Gasteiger partial charge >= 0.3 is 0 Å². The summed E-state index contributed by atoms with van der Waals surface area (Å²) in [5.74, 6) is -3.33. The molecule has 2 aliphatic carbocycles. The van der Waals surface area contributed by atoms with Gasteiger partial charge in [0.15, 0.2) is 0 Å². The van der Waals surface area contributed by atoms with Crippen molar-refractivity contribution in [2.45, 2.75) is 27.7 Å². The third-order valence-electron chi connectivity index (χ3n) is 1.11. The second-order valence-corrected chi connectivity index (χ2v) is 4.00. The number of rotatable bonds is 0. The number of carbonyl (C=O) groups is 4. The minimum Gasteiger partial charge on any atom is -0.481 e. The fourth-order valence-corrected chi connectivity index (χ4v) is 0.642. The number of aliphatic carboxylic acids is 4. The standard InChI is InChI=1S/2C5H5.4C2H4O2.2V/c2*1-2-4-5-3-1;4*1-2(3)4;;/h2*1-5H;4*1H3,(H,3,4);;. The second-order valence-electron chi connectivity index (χ2n) is 4.00. The molecule has 0 unspecified atom stereocenters. The molecule has 0 aromatic heterocycles. The number of hydrogen-bond acceptors (Lipinski definition) is 4. The van der Waals surface area contributed by atoms with Crippen LogP contribution in [0.5, 0.6) is 0 Å². The van der Waals surface area contributed by atoms with Crippen molar-refractivity contribution < 1.29 is 76.7 Å². The van der Waals surface area contributed by atoms with Gasteiger partial charge in [0, 0.05) is 64.8 Å². The van der Waals surface area contributed by atoms with E-state index in [-0.39, 0.29) is 37.1 Å². The zero-order valence-corrected chi connectivity index (χ0v) is 18.9. The Morgan fingerprint density at radius 1 is 0.393 bits per heavy atom. The monoisotopic (exact) mass is 472 g/mol. The minimum atomic E-state index is -0.833. The number of carboxylic acids is 4. The van der Waals surface area contributed by atoms with Gasteiger partial charge in [-0.3, -0.25) is 19.2 Å². The van der Waals surface area contributed by atoms with Crippen LogP contribution < -0.4 is 0 Å². The van der Waals surface area contributed by atoms with E-state index in [4.69, 9.17) is 39.6 Å². The average molecular weight is 472 g/mol. The van der Waals surface area contributed by atoms with E-state index < -0.39 is 23.9 Å². The predicted molar refractivity (Wildman–Crippen MR) is 96.2 cm³/mol. The Bertz CT molecular complexity index is 266. The van der Waals surface area contributed by atoms with E-state index in [2.05, 4.69) is 0 Å². The molecule has 0 amide bonds. The first kappa shape index (κ1) is 41.4. The Kier molecular flexibility index (Phi) is 54.6. The van der Waals surface area contributed by atoms with Gasteiger partial charge < -0.3 is 20.4 Å². The van der Waals surface area contributed by atoms with Gasteiger partial charge in [-0.1, -0.05) is 0 Å². The van der Waals surface area contributed by atoms with Crippen molar-refractivity contribution in [2.75, 3.05) is 0 Å². The largest absolute Gasteiger partial charge is 0.481 e. The van der Waals surface area contributed by atoms with Gasteiger partial charge in [0.05, 0.1) is 0 Å². The third kappa shape index (κ3) is 177. The molecule has 0 spiro atoms. The van der Waals surface area contributed by atoms with Crippen molar-refractivity contribution in [2.24, 2.45) is 0 Å². The van der Waals surface area contributed by atoms with Crippen LogP contribution in [0.2, 0.25) is 0 Å². The molecule has 12 radical (unpaired) electrons. The molecule has 156 valence electrons. The maximum absolute atomic E-state index is 9.00. The quantitative estimate of drug-likeness (QED) is 0.420. The summed E-state index contributed by atoms with van der Waals surface area (Å²) in [4.78, 5) is 36.0. The minimum absolute atomic E-state index is 0. The molecule has 28 heavy (non-hydrogen) atoms. The van der Waals surface area contributed by atoms with Gasteiger partial charge in [-0.2, -0.15) is 0 Å². The summed E-state index contributed by atoms with van der Waals surface area (Å²) in [6.45, 7) is 4.33. The molecule has 0 aromatic rings. The van der Waals surface area contributed by atoms with Crippen molar-refractivity contribution in [3.8, 4) is 0 Å². The fourth-order valence-electron chi connectivity index (χ4n) is 0.642. The maximum Gasteiger partial charge on any atom is 0.300 e. The second kappa shape index (κ2) is 36.9. The molecule has 2 fully saturated rings. The first-order valence-electron chi connectivity index (χ1n) is 7.04. The number of hydrogen-bond donors (Lipinski definition) is 4. The third-order valence-corrected chi connectivity index (χ3v) is 1.11. The smallest absolute Gasteiger partial charge is 0.300 e. The first-order chi connectivity index (χ1) is 11.9. The van der Waals surface area contributed by atoms with E-state index >= 15 is 0 Å². The molecule has 10 heteroatoms. The van der Waals surface area contributed by atoms with E-state index in [1.165, 1.54) is 0 Å². The van der Waals surface area contributed by atoms with Crippen LogP contribution in [-0.4, -0.2) is 44.3 Å². The van der Waals surface area contributed by atoms with Gasteiger partial charge in [0.1, 0.15) is 0 Å². The van der Waals surface area contributed by atoms with Crippen LogP contribution in [-0.2, 0) is 56.3 Å². The molecule has 0 aromatic carbocycles. The molecule has 4 N–H and O–H groups in total. The van der Waals surface area contributed by atoms with Crippen LogP contribution in [0, 0.1) is 64.2 Å². The first-order valence-corrected chi connectivity index (χ1v) is 7.04. The van der Waals surface area contributed by atoms with Crippen LogP contribution in [0.15, 0.2) is 0 Å². The molecule has 0 atom stereocenters. The van der Waals surface area contributed by atoms with Crippen LogP contribution >= 0.6 is 0 Å². The fraction of sp³-hybridized carbons (Fsp3) is 0.222. The van der Waals surface area contributed by atoms with E-state index in [9.17, 15) is 0 Å². The summed E-state index contributed by atoms with van der Waals surface area (Å²) >= 11 is 0. The number of carboxylic acid groups (broad SMARTS) is 4. The molecule has 0 saturated heterocycles. The predicted octanol–water partition coefficient (Wildman–Crippen LogP) is 2.40. The van der Waals surface area contributed by atoms with Gasteiger partial charge in [0.2, 0.25) is 0 Å². The van der Waals surface area contributed by atoms with Gasteiger partial charge in [-0.05, 0) is 64.2 Å². The molecule has 0 bridgehead atoms. The molecular weight excluding hydrogens is 446 g/mol.